The van der Waals surface area contributed by atoms with Gasteiger partial charge < -0.3 is 5.11 Å². The Labute approximate surface area is 87.4 Å². The number of phenols is 1. The van der Waals surface area contributed by atoms with Crippen LogP contribution in [0.5, 0.6) is 5.75 Å². The van der Waals surface area contributed by atoms with Crippen molar-refractivity contribution in [1.82, 2.24) is 0 Å². The van der Waals surface area contributed by atoms with Crippen molar-refractivity contribution in [2.75, 3.05) is 0 Å². The topological polar surface area (TPSA) is 141 Å². The van der Waals surface area contributed by atoms with Crippen molar-refractivity contribution in [2.45, 2.75) is 0 Å². The van der Waals surface area contributed by atoms with Gasteiger partial charge in [0.2, 0.25) is 5.75 Å². The van der Waals surface area contributed by atoms with E-state index in [0.29, 0.717) is 6.07 Å². The van der Waals surface area contributed by atoms with Crippen molar-refractivity contribution >= 4 is 24.4 Å². The number of hydrogen-bond acceptors (Lipinski definition) is 7. The number of benzene rings is 1. The van der Waals surface area contributed by atoms with Gasteiger partial charge in [-0.05, 0) is 12.1 Å². The van der Waals surface area contributed by atoms with Gasteiger partial charge in [0.1, 0.15) is 0 Å². The second kappa shape index (κ2) is 4.07. The number of nitro groups is 2. The van der Waals surface area contributed by atoms with Crippen LogP contribution in [0, 0.1) is 20.2 Å². The Bertz CT molecular complexity index is 542. The molecule has 16 heavy (non-hydrogen) atoms. The lowest BCUT2D eigenvalue weighted by Crippen LogP contribution is -2.07. The predicted molar refractivity (Wildman–Crippen MR) is 49.3 cm³/mol. The Kier molecular flexibility index (Phi) is 3.00. The van der Waals surface area contributed by atoms with E-state index in [1.165, 1.54) is 0 Å². The van der Waals surface area contributed by atoms with Crippen molar-refractivity contribution in [3.8, 4) is 5.75 Å². The summed E-state index contributed by atoms with van der Waals surface area (Å²) in [5, 5.41) is 29.3. The van der Waals surface area contributed by atoms with E-state index in [2.05, 4.69) is 0 Å². The third-order valence-electron chi connectivity index (χ3n) is 1.67. The molecule has 9 nitrogen and oxygen atoms in total. The molecule has 0 radical (unpaired) electrons. The fraction of sp³-hybridized carbons (Fsp3) is 0. The maximum Gasteiger partial charge on any atom is 0.388 e. The number of nitrogens with zero attached hydrogens (tertiary/aromatic N) is 2. The van der Waals surface area contributed by atoms with Crippen LogP contribution in [0.25, 0.3) is 0 Å². The van der Waals surface area contributed by atoms with Gasteiger partial charge in [-0.25, -0.2) is 9.13 Å². The first kappa shape index (κ1) is 11.8. The van der Waals surface area contributed by atoms with Gasteiger partial charge in [-0.2, -0.15) is 0 Å². The molecular weight excluding hydrogens is 243 g/mol. The molecule has 0 aliphatic heterocycles. The van der Waals surface area contributed by atoms with Gasteiger partial charge in [-0.1, -0.05) is 0 Å². The van der Waals surface area contributed by atoms with E-state index in [1.807, 2.05) is 0 Å². The SMILES string of the molecule is O=[N+]([O-])c1c(O)ccc(P(=O)=O)c1[N+](=O)[O-]. The first-order valence-corrected chi connectivity index (χ1v) is 4.83. The average molecular weight is 246 g/mol. The van der Waals surface area contributed by atoms with Gasteiger partial charge >= 0.3 is 19.1 Å². The summed E-state index contributed by atoms with van der Waals surface area (Å²) in [6.07, 6.45) is 0. The summed E-state index contributed by atoms with van der Waals surface area (Å²) in [6.45, 7) is 0. The largest absolute Gasteiger partial charge is 0.502 e. The molecule has 0 bridgehead atoms. The molecule has 1 aromatic rings. The molecule has 84 valence electrons. The fourth-order valence-corrected chi connectivity index (χ4v) is 1.62. The van der Waals surface area contributed by atoms with E-state index < -0.39 is 40.0 Å². The molecule has 0 fully saturated rings. The number of nitro benzene ring substituents is 2. The number of rotatable bonds is 3. The average Bonchev–Trinajstić information content (AvgIpc) is 2.15. The zero-order chi connectivity index (χ0) is 12.5. The molecule has 10 heteroatoms. The summed E-state index contributed by atoms with van der Waals surface area (Å²) >= 11 is 0. The molecule has 0 aliphatic rings. The van der Waals surface area contributed by atoms with Crippen LogP contribution in [0.4, 0.5) is 11.4 Å². The normalized spacial score (nSPS) is 9.75. The van der Waals surface area contributed by atoms with E-state index in [9.17, 15) is 29.4 Å². The summed E-state index contributed by atoms with van der Waals surface area (Å²) < 4.78 is 21.3. The summed E-state index contributed by atoms with van der Waals surface area (Å²) in [5.74, 6) is -0.961. The zero-order valence-electron chi connectivity index (χ0n) is 7.39. The van der Waals surface area contributed by atoms with Gasteiger partial charge in [0, 0.05) is 0 Å². The minimum Gasteiger partial charge on any atom is -0.502 e. The second-order valence-electron chi connectivity index (χ2n) is 2.57. The van der Waals surface area contributed by atoms with Crippen LogP contribution in [-0.4, -0.2) is 15.0 Å². The predicted octanol–water partition coefficient (Wildman–Crippen LogP) is 1.01. The summed E-state index contributed by atoms with van der Waals surface area (Å²) in [5.41, 5.74) is -2.47. The van der Waals surface area contributed by atoms with Crippen LogP contribution < -0.4 is 5.30 Å². The lowest BCUT2D eigenvalue weighted by atomic mass is 10.2. The van der Waals surface area contributed by atoms with Crippen LogP contribution in [0.15, 0.2) is 12.1 Å². The van der Waals surface area contributed by atoms with E-state index in [-0.39, 0.29) is 0 Å². The van der Waals surface area contributed by atoms with Gasteiger partial charge in [0.25, 0.3) is 0 Å². The Morgan fingerprint density at radius 2 is 1.56 bits per heavy atom. The molecule has 0 aromatic heterocycles. The Hall–Kier alpha value is -2.28. The molecule has 1 N–H and O–H groups in total. The number of aromatic hydroxyl groups is 1. The highest BCUT2D eigenvalue weighted by molar-refractivity contribution is 7.41. The third kappa shape index (κ3) is 1.89. The molecule has 0 atom stereocenters. The summed E-state index contributed by atoms with van der Waals surface area (Å²) in [4.78, 5) is 18.6. The second-order valence-corrected chi connectivity index (χ2v) is 3.57. The van der Waals surface area contributed by atoms with Gasteiger partial charge in [0.05, 0.1) is 9.85 Å². The van der Waals surface area contributed by atoms with E-state index >= 15 is 0 Å². The van der Waals surface area contributed by atoms with Crippen LogP contribution in [0.3, 0.4) is 0 Å². The van der Waals surface area contributed by atoms with Crippen LogP contribution >= 0.6 is 7.68 Å². The first-order valence-electron chi connectivity index (χ1n) is 3.65. The van der Waals surface area contributed by atoms with Crippen molar-refractivity contribution in [2.24, 2.45) is 0 Å². The standard InChI is InChI=1S/C6H3N2O7P/c9-3-1-2-4(16(14)15)6(8(12)13)5(3)7(10)11/h1-2,9H. The first-order chi connectivity index (χ1) is 7.36. The van der Waals surface area contributed by atoms with Gasteiger partial charge in [0.15, 0.2) is 5.30 Å². The highest BCUT2D eigenvalue weighted by atomic mass is 31.1. The zero-order valence-corrected chi connectivity index (χ0v) is 8.29. The summed E-state index contributed by atoms with van der Waals surface area (Å²) in [7, 11) is -3.36. The van der Waals surface area contributed by atoms with Crippen molar-refractivity contribution < 1.29 is 24.1 Å². The lowest BCUT2D eigenvalue weighted by molar-refractivity contribution is -0.422. The number of hydrogen-bond donors (Lipinski definition) is 1. The monoisotopic (exact) mass is 246 g/mol. The highest BCUT2D eigenvalue weighted by Crippen LogP contribution is 2.36. The quantitative estimate of drug-likeness (QED) is 0.476. The maximum atomic E-state index is 10.6. The molecule has 1 aromatic carbocycles. The van der Waals surface area contributed by atoms with Crippen molar-refractivity contribution in [3.05, 3.63) is 32.4 Å². The Morgan fingerprint density at radius 3 is 1.94 bits per heavy atom. The van der Waals surface area contributed by atoms with Crippen LogP contribution in [0.1, 0.15) is 0 Å². The maximum absolute atomic E-state index is 10.6. The van der Waals surface area contributed by atoms with Crippen LogP contribution in [-0.2, 0) is 9.13 Å². The van der Waals surface area contributed by atoms with Gasteiger partial charge in [-0.3, -0.25) is 20.2 Å². The minimum absolute atomic E-state index is 0.714. The molecule has 0 spiro atoms. The number of phenolic OH excluding ortho intramolecular Hbond substituents is 1. The van der Waals surface area contributed by atoms with E-state index in [4.69, 9.17) is 5.11 Å². The molecule has 0 saturated carbocycles. The van der Waals surface area contributed by atoms with Crippen molar-refractivity contribution in [3.63, 3.8) is 0 Å². The highest BCUT2D eigenvalue weighted by Gasteiger charge is 2.34. The third-order valence-corrected chi connectivity index (χ3v) is 2.42. The van der Waals surface area contributed by atoms with E-state index in [0.717, 1.165) is 6.07 Å². The van der Waals surface area contributed by atoms with Crippen LogP contribution in [0.2, 0.25) is 0 Å². The fourth-order valence-electron chi connectivity index (χ4n) is 1.07. The molecule has 0 amide bonds. The Morgan fingerprint density at radius 1 is 1.06 bits per heavy atom. The smallest absolute Gasteiger partial charge is 0.388 e. The van der Waals surface area contributed by atoms with E-state index in [1.54, 1.807) is 0 Å². The summed E-state index contributed by atoms with van der Waals surface area (Å²) in [6, 6.07) is 1.44. The Balaban J connectivity index is 3.77. The molecule has 0 saturated heterocycles. The lowest BCUT2D eigenvalue weighted by Gasteiger charge is -1.98. The molecule has 0 unspecified atom stereocenters. The van der Waals surface area contributed by atoms with Crippen molar-refractivity contribution in [1.29, 1.82) is 0 Å². The molecule has 0 aliphatic carbocycles. The molecular formula is C6H3N2O7P. The minimum atomic E-state index is -3.36. The van der Waals surface area contributed by atoms with Gasteiger partial charge in [-0.15, -0.1) is 0 Å². The molecule has 0 heterocycles. The molecule has 1 rings (SSSR count).